The van der Waals surface area contributed by atoms with Crippen molar-refractivity contribution in [2.75, 3.05) is 4.90 Å². The van der Waals surface area contributed by atoms with Gasteiger partial charge in [0.15, 0.2) is 11.3 Å². The Balaban J connectivity index is 1.26. The molecule has 1 aromatic heterocycles. The maximum atomic E-state index is 13.5. The van der Waals surface area contributed by atoms with Crippen LogP contribution in [0.25, 0.3) is 6.08 Å². The minimum atomic E-state index is -0.634. The molecule has 0 radical (unpaired) electrons. The second-order valence-corrected chi connectivity index (χ2v) is 11.7. The van der Waals surface area contributed by atoms with Gasteiger partial charge in [-0.3, -0.25) is 9.69 Å². The molecule has 8 heteroatoms. The molecular formula is C32H28N2O4S2. The van der Waals surface area contributed by atoms with E-state index in [2.05, 4.69) is 0 Å². The molecule has 0 N–H and O–H groups in total. The molecule has 6 rings (SSSR count). The second-order valence-electron chi connectivity index (χ2n) is 9.60. The third kappa shape index (κ3) is 5.99. The summed E-state index contributed by atoms with van der Waals surface area (Å²) in [7, 11) is 0. The summed E-state index contributed by atoms with van der Waals surface area (Å²) in [6.07, 6.45) is 1.39. The Hall–Kier alpha value is -3.85. The predicted octanol–water partition coefficient (Wildman–Crippen LogP) is 7.44. The summed E-state index contributed by atoms with van der Waals surface area (Å²) >= 11 is 2.97. The first-order valence-corrected chi connectivity index (χ1v) is 14.8. The van der Waals surface area contributed by atoms with Gasteiger partial charge in [-0.15, -0.1) is 11.3 Å². The number of benzene rings is 3. The lowest BCUT2D eigenvalue weighted by molar-refractivity contribution is -0.113. The Kier molecular flexibility index (Phi) is 7.73. The Morgan fingerprint density at radius 2 is 1.57 bits per heavy atom. The van der Waals surface area contributed by atoms with E-state index in [4.69, 9.17) is 19.2 Å². The third-order valence-corrected chi connectivity index (χ3v) is 8.37. The van der Waals surface area contributed by atoms with E-state index in [1.165, 1.54) is 11.8 Å². The van der Waals surface area contributed by atoms with Crippen LogP contribution < -0.4 is 14.4 Å². The molecule has 3 aromatic carbocycles. The molecule has 0 bridgehead atoms. The third-order valence-electron chi connectivity index (χ3n) is 6.50. The van der Waals surface area contributed by atoms with Gasteiger partial charge in [0, 0.05) is 11.3 Å². The van der Waals surface area contributed by atoms with E-state index in [0.717, 1.165) is 27.4 Å². The van der Waals surface area contributed by atoms with Gasteiger partial charge in [-0.1, -0.05) is 71.4 Å². The number of ether oxygens (including phenoxy) is 3. The zero-order valence-electron chi connectivity index (χ0n) is 22.1. The average Bonchev–Trinajstić information content (AvgIpc) is 3.68. The number of hydrogen-bond acceptors (Lipinski definition) is 7. The highest BCUT2D eigenvalue weighted by Gasteiger charge is 2.42. The number of aliphatic imine (C=N–C) groups is 1. The van der Waals surface area contributed by atoms with Gasteiger partial charge >= 0.3 is 0 Å². The van der Waals surface area contributed by atoms with Gasteiger partial charge in [-0.25, -0.2) is 4.99 Å². The van der Waals surface area contributed by atoms with Crippen molar-refractivity contribution in [3.05, 3.63) is 118 Å². The monoisotopic (exact) mass is 568 g/mol. The molecule has 3 unspecified atom stereocenters. The van der Waals surface area contributed by atoms with E-state index in [1.807, 2.05) is 116 Å². The Morgan fingerprint density at radius 1 is 0.900 bits per heavy atom. The number of amides is 1. The molecule has 2 aliphatic rings. The lowest BCUT2D eigenvalue weighted by Crippen LogP contribution is -2.32. The molecule has 202 valence electrons. The molecule has 1 amide bonds. The summed E-state index contributed by atoms with van der Waals surface area (Å²) in [6.45, 7) is 4.08. The van der Waals surface area contributed by atoms with Crippen molar-refractivity contribution in [2.24, 2.45) is 4.99 Å². The van der Waals surface area contributed by atoms with E-state index >= 15 is 0 Å². The van der Waals surface area contributed by atoms with E-state index in [9.17, 15) is 4.79 Å². The fraction of sp³-hybridized carbons (Fsp3) is 0.188. The summed E-state index contributed by atoms with van der Waals surface area (Å²) in [6, 6.07) is 29.3. The minimum Gasteiger partial charge on any atom is -0.484 e. The van der Waals surface area contributed by atoms with E-state index < -0.39 is 6.29 Å². The van der Waals surface area contributed by atoms with Crippen LogP contribution in [-0.2, 0) is 9.53 Å². The van der Waals surface area contributed by atoms with Crippen molar-refractivity contribution in [3.63, 3.8) is 0 Å². The molecule has 0 saturated carbocycles. The van der Waals surface area contributed by atoms with E-state index in [0.29, 0.717) is 23.0 Å². The van der Waals surface area contributed by atoms with Crippen LogP contribution in [0.1, 0.15) is 22.4 Å². The van der Waals surface area contributed by atoms with Gasteiger partial charge in [0.1, 0.15) is 22.6 Å². The molecule has 40 heavy (non-hydrogen) atoms. The van der Waals surface area contributed by atoms with Crippen LogP contribution in [0.3, 0.4) is 0 Å². The largest absolute Gasteiger partial charge is 0.484 e. The highest BCUT2D eigenvalue weighted by Crippen LogP contribution is 2.38. The first-order valence-electron chi connectivity index (χ1n) is 13.0. The summed E-state index contributed by atoms with van der Waals surface area (Å²) < 4.78 is 19.0. The number of para-hydroxylation sites is 1. The van der Waals surface area contributed by atoms with Crippen LogP contribution in [0.5, 0.6) is 11.5 Å². The maximum absolute atomic E-state index is 13.5. The maximum Gasteiger partial charge on any atom is 0.283 e. The molecule has 2 aliphatic heterocycles. The van der Waals surface area contributed by atoms with E-state index in [1.54, 1.807) is 16.2 Å². The number of carbonyl (C=O) groups is 1. The lowest BCUT2D eigenvalue weighted by atomic mass is 10.2. The quantitative estimate of drug-likeness (QED) is 0.217. The highest BCUT2D eigenvalue weighted by molar-refractivity contribution is 8.14. The van der Waals surface area contributed by atoms with E-state index in [-0.39, 0.29) is 17.4 Å². The summed E-state index contributed by atoms with van der Waals surface area (Å²) in [5.41, 5.74) is 3.12. The van der Waals surface area contributed by atoms with Gasteiger partial charge in [0.2, 0.25) is 6.29 Å². The van der Waals surface area contributed by atoms with Gasteiger partial charge in [0.05, 0.1) is 5.69 Å². The first kappa shape index (κ1) is 26.4. The number of anilines is 1. The standard InChI is InChI=1S/C32H28N2O4S2/c1-21-10-14-24(15-11-21)36-28-20-29(38-31(28)37-25-16-12-22(2)13-17-25)40-32-33-27(19-26-9-6-18-39-26)30(35)34(32)23-7-4-3-5-8-23/h3-19,28-29,31H,20H2,1-2H3/b27-19-. The zero-order valence-corrected chi connectivity index (χ0v) is 23.7. The Morgan fingerprint density at radius 3 is 2.23 bits per heavy atom. The molecule has 3 heterocycles. The number of amidine groups is 1. The van der Waals surface area contributed by atoms with Crippen LogP contribution in [0.4, 0.5) is 5.69 Å². The molecule has 0 spiro atoms. The van der Waals surface area contributed by atoms with Crippen molar-refractivity contribution in [1.82, 2.24) is 0 Å². The van der Waals surface area contributed by atoms with Gasteiger partial charge in [-0.2, -0.15) is 0 Å². The number of thiophene rings is 1. The van der Waals surface area contributed by atoms with Crippen LogP contribution in [0.15, 0.2) is 107 Å². The normalized spacial score (nSPS) is 21.6. The molecule has 3 atom stereocenters. The molecule has 1 saturated heterocycles. The van der Waals surface area contributed by atoms with Crippen LogP contribution >= 0.6 is 23.1 Å². The predicted molar refractivity (Wildman–Crippen MR) is 162 cm³/mol. The zero-order chi connectivity index (χ0) is 27.5. The number of aryl methyl sites for hydroxylation is 2. The highest BCUT2D eigenvalue weighted by atomic mass is 32.2. The smallest absolute Gasteiger partial charge is 0.283 e. The summed E-state index contributed by atoms with van der Waals surface area (Å²) in [4.78, 5) is 20.9. The fourth-order valence-electron chi connectivity index (χ4n) is 4.43. The number of carbonyl (C=O) groups excluding carboxylic acids is 1. The molecular weight excluding hydrogens is 540 g/mol. The first-order chi connectivity index (χ1) is 19.5. The molecule has 6 nitrogen and oxygen atoms in total. The number of nitrogens with zero attached hydrogens (tertiary/aromatic N) is 2. The van der Waals surface area contributed by atoms with Crippen molar-refractivity contribution in [1.29, 1.82) is 0 Å². The second kappa shape index (κ2) is 11.7. The minimum absolute atomic E-state index is 0.167. The number of thioether (sulfide) groups is 1. The van der Waals surface area contributed by atoms with Gasteiger partial charge in [0.25, 0.3) is 5.91 Å². The SMILES string of the molecule is Cc1ccc(OC2CC(SC3=N/C(=C\c4cccs4)C(=O)N3c3ccccc3)OC2Oc2ccc(C)cc2)cc1. The van der Waals surface area contributed by atoms with Crippen molar-refractivity contribution < 1.29 is 19.0 Å². The van der Waals surface area contributed by atoms with Crippen molar-refractivity contribution >= 4 is 45.9 Å². The van der Waals surface area contributed by atoms with Crippen molar-refractivity contribution in [3.8, 4) is 11.5 Å². The number of rotatable bonds is 7. The van der Waals surface area contributed by atoms with Crippen LogP contribution in [0.2, 0.25) is 0 Å². The molecule has 1 fully saturated rings. The average molecular weight is 569 g/mol. The summed E-state index contributed by atoms with van der Waals surface area (Å²) in [5, 5.41) is 2.55. The van der Waals surface area contributed by atoms with Crippen LogP contribution in [-0.4, -0.2) is 28.9 Å². The van der Waals surface area contributed by atoms with Gasteiger partial charge < -0.3 is 14.2 Å². The number of hydrogen-bond donors (Lipinski definition) is 0. The molecule has 4 aromatic rings. The summed E-state index contributed by atoms with van der Waals surface area (Å²) in [5.74, 6) is 1.29. The fourth-order valence-corrected chi connectivity index (χ4v) is 6.21. The van der Waals surface area contributed by atoms with Crippen LogP contribution in [0, 0.1) is 13.8 Å². The molecule has 0 aliphatic carbocycles. The van der Waals surface area contributed by atoms with Gasteiger partial charge in [-0.05, 0) is 67.8 Å². The van der Waals surface area contributed by atoms with Crippen molar-refractivity contribution in [2.45, 2.75) is 38.1 Å². The Labute approximate surface area is 241 Å². The Bertz CT molecular complexity index is 1460. The lowest BCUT2D eigenvalue weighted by Gasteiger charge is -2.21. The topological polar surface area (TPSA) is 60.4 Å².